The van der Waals surface area contributed by atoms with E-state index < -0.39 is 0 Å². The summed E-state index contributed by atoms with van der Waals surface area (Å²) in [7, 11) is 0. The first-order chi connectivity index (χ1) is 15.8. The summed E-state index contributed by atoms with van der Waals surface area (Å²) in [6.45, 7) is 0. The van der Waals surface area contributed by atoms with E-state index in [1.807, 2.05) is 30.3 Å². The third-order valence-corrected chi connectivity index (χ3v) is 5.81. The summed E-state index contributed by atoms with van der Waals surface area (Å²) >= 11 is 0. The average molecular weight is 416 g/mol. The van der Waals surface area contributed by atoms with Crippen molar-refractivity contribution in [2.45, 2.75) is 12.8 Å². The standard InChI is InChI=1S/C30H25NO/c32-30-28(23-11-4-1-5-12-23)17-10-18-29(30)24-19-21-27(22-20-24)31(25-13-6-2-7-14-25)26-15-8-3-9-16-26/h2-4,6-22,32H,1,5H2. The van der Waals surface area contributed by atoms with Crippen molar-refractivity contribution in [3.8, 4) is 16.9 Å². The lowest BCUT2D eigenvalue weighted by Gasteiger charge is -2.25. The third kappa shape index (κ3) is 3.95. The number of phenols is 1. The summed E-state index contributed by atoms with van der Waals surface area (Å²) < 4.78 is 0. The Hall–Kier alpha value is -4.04. The Morgan fingerprint density at radius 2 is 1.16 bits per heavy atom. The zero-order chi connectivity index (χ0) is 21.8. The van der Waals surface area contributed by atoms with Crippen LogP contribution in [-0.2, 0) is 0 Å². The van der Waals surface area contributed by atoms with Crippen molar-refractivity contribution in [3.05, 3.63) is 127 Å². The smallest absolute Gasteiger partial charge is 0.131 e. The molecule has 32 heavy (non-hydrogen) atoms. The van der Waals surface area contributed by atoms with Gasteiger partial charge in [-0.3, -0.25) is 0 Å². The number of para-hydroxylation sites is 3. The molecule has 0 fully saturated rings. The van der Waals surface area contributed by atoms with Crippen LogP contribution in [0.4, 0.5) is 17.1 Å². The summed E-state index contributed by atoms with van der Waals surface area (Å²) in [5.74, 6) is 0.334. The van der Waals surface area contributed by atoms with Crippen LogP contribution in [0.3, 0.4) is 0 Å². The van der Waals surface area contributed by atoms with E-state index in [0.717, 1.165) is 52.2 Å². The molecule has 0 saturated heterocycles. The van der Waals surface area contributed by atoms with Crippen molar-refractivity contribution < 1.29 is 5.11 Å². The van der Waals surface area contributed by atoms with Crippen LogP contribution < -0.4 is 4.90 Å². The zero-order valence-electron chi connectivity index (χ0n) is 17.9. The summed E-state index contributed by atoms with van der Waals surface area (Å²) in [6.07, 6.45) is 8.53. The Morgan fingerprint density at radius 3 is 1.75 bits per heavy atom. The van der Waals surface area contributed by atoms with Gasteiger partial charge in [-0.05, 0) is 60.4 Å². The number of benzene rings is 4. The zero-order valence-corrected chi connectivity index (χ0v) is 17.9. The van der Waals surface area contributed by atoms with Crippen molar-refractivity contribution >= 4 is 22.6 Å². The Balaban J connectivity index is 1.53. The van der Waals surface area contributed by atoms with Gasteiger partial charge in [-0.1, -0.05) is 85.0 Å². The van der Waals surface area contributed by atoms with Crippen LogP contribution >= 0.6 is 0 Å². The number of hydrogen-bond acceptors (Lipinski definition) is 2. The van der Waals surface area contributed by atoms with Gasteiger partial charge in [0.25, 0.3) is 0 Å². The maximum atomic E-state index is 11.0. The van der Waals surface area contributed by atoms with E-state index >= 15 is 0 Å². The fourth-order valence-electron chi connectivity index (χ4n) is 4.21. The molecule has 2 heteroatoms. The molecule has 156 valence electrons. The van der Waals surface area contributed by atoms with Crippen LogP contribution in [0.5, 0.6) is 5.75 Å². The van der Waals surface area contributed by atoms with Gasteiger partial charge in [0.2, 0.25) is 0 Å². The van der Waals surface area contributed by atoms with Crippen LogP contribution in [-0.4, -0.2) is 5.11 Å². The molecule has 4 aromatic rings. The molecule has 4 aromatic carbocycles. The van der Waals surface area contributed by atoms with Crippen LogP contribution in [0.25, 0.3) is 16.7 Å². The minimum atomic E-state index is 0.334. The van der Waals surface area contributed by atoms with Crippen LogP contribution in [0.2, 0.25) is 0 Å². The lowest BCUT2D eigenvalue weighted by Crippen LogP contribution is -2.09. The molecule has 0 radical (unpaired) electrons. The SMILES string of the molecule is Oc1c(C2=CCCC=C2)cccc1-c1ccc(N(c2ccccc2)c2ccccc2)cc1. The number of allylic oxidation sites excluding steroid dienone is 4. The third-order valence-electron chi connectivity index (χ3n) is 5.81. The summed E-state index contributed by atoms with van der Waals surface area (Å²) in [5.41, 5.74) is 7.10. The van der Waals surface area contributed by atoms with Gasteiger partial charge in [-0.2, -0.15) is 0 Å². The van der Waals surface area contributed by atoms with Crippen molar-refractivity contribution in [1.29, 1.82) is 0 Å². The Bertz CT molecular complexity index is 1220. The van der Waals surface area contributed by atoms with E-state index in [4.69, 9.17) is 0 Å². The van der Waals surface area contributed by atoms with Crippen molar-refractivity contribution in [2.75, 3.05) is 4.90 Å². The molecule has 0 aromatic heterocycles. The van der Waals surface area contributed by atoms with Crippen molar-refractivity contribution in [1.82, 2.24) is 0 Å². The molecule has 0 spiro atoms. The van der Waals surface area contributed by atoms with Gasteiger partial charge >= 0.3 is 0 Å². The molecule has 0 aliphatic heterocycles. The predicted octanol–water partition coefficient (Wildman–Crippen LogP) is 8.26. The van der Waals surface area contributed by atoms with Crippen LogP contribution in [0, 0.1) is 0 Å². The molecule has 1 aliphatic carbocycles. The number of phenolic OH excluding ortho intramolecular Hbond substituents is 1. The lowest BCUT2D eigenvalue weighted by atomic mass is 9.94. The van der Waals surface area contributed by atoms with E-state index in [1.54, 1.807) is 0 Å². The number of nitrogens with zero attached hydrogens (tertiary/aromatic N) is 1. The van der Waals surface area contributed by atoms with E-state index in [1.165, 1.54) is 0 Å². The Labute approximate surface area is 189 Å². The normalized spacial score (nSPS) is 12.9. The molecule has 0 bridgehead atoms. The highest BCUT2D eigenvalue weighted by atomic mass is 16.3. The molecule has 0 atom stereocenters. The van der Waals surface area contributed by atoms with E-state index in [0.29, 0.717) is 5.75 Å². The predicted molar refractivity (Wildman–Crippen MR) is 135 cm³/mol. The minimum absolute atomic E-state index is 0.334. The maximum absolute atomic E-state index is 11.0. The fourth-order valence-corrected chi connectivity index (χ4v) is 4.21. The van der Waals surface area contributed by atoms with Crippen LogP contribution in [0.1, 0.15) is 18.4 Å². The fraction of sp³-hybridized carbons (Fsp3) is 0.0667. The van der Waals surface area contributed by atoms with Crippen LogP contribution in [0.15, 0.2) is 121 Å². The number of hydrogen-bond donors (Lipinski definition) is 1. The molecule has 1 aliphatic rings. The summed E-state index contributed by atoms with van der Waals surface area (Å²) in [5, 5.41) is 11.0. The minimum Gasteiger partial charge on any atom is -0.507 e. The second kappa shape index (κ2) is 8.99. The van der Waals surface area contributed by atoms with Gasteiger partial charge in [0.15, 0.2) is 0 Å². The van der Waals surface area contributed by atoms with Gasteiger partial charge in [0, 0.05) is 28.2 Å². The van der Waals surface area contributed by atoms with E-state index in [2.05, 4.69) is 95.9 Å². The molecular formula is C30H25NO. The lowest BCUT2D eigenvalue weighted by molar-refractivity contribution is 0.475. The van der Waals surface area contributed by atoms with Gasteiger partial charge < -0.3 is 10.0 Å². The van der Waals surface area contributed by atoms with Crippen molar-refractivity contribution in [2.24, 2.45) is 0 Å². The topological polar surface area (TPSA) is 23.5 Å². The molecule has 1 N–H and O–H groups in total. The highest BCUT2D eigenvalue weighted by Gasteiger charge is 2.15. The van der Waals surface area contributed by atoms with Gasteiger partial charge in [-0.25, -0.2) is 0 Å². The molecule has 2 nitrogen and oxygen atoms in total. The highest BCUT2D eigenvalue weighted by Crippen LogP contribution is 2.39. The van der Waals surface area contributed by atoms with Crippen molar-refractivity contribution in [3.63, 3.8) is 0 Å². The van der Waals surface area contributed by atoms with E-state index in [9.17, 15) is 5.11 Å². The Morgan fingerprint density at radius 1 is 0.562 bits per heavy atom. The number of aromatic hydroxyl groups is 1. The number of anilines is 3. The molecular weight excluding hydrogens is 390 g/mol. The van der Waals surface area contributed by atoms with Gasteiger partial charge in [0.1, 0.15) is 5.75 Å². The first kappa shape index (κ1) is 19.9. The molecule has 5 rings (SSSR count). The quantitative estimate of drug-likeness (QED) is 0.354. The van der Waals surface area contributed by atoms with E-state index in [-0.39, 0.29) is 0 Å². The molecule has 0 unspecified atom stereocenters. The second-order valence-electron chi connectivity index (χ2n) is 7.89. The monoisotopic (exact) mass is 415 g/mol. The molecule has 0 heterocycles. The van der Waals surface area contributed by atoms with Gasteiger partial charge in [-0.15, -0.1) is 0 Å². The maximum Gasteiger partial charge on any atom is 0.131 e. The largest absolute Gasteiger partial charge is 0.507 e. The average Bonchev–Trinajstić information content (AvgIpc) is 2.87. The first-order valence-electron chi connectivity index (χ1n) is 11.0. The Kier molecular flexibility index (Phi) is 5.59. The van der Waals surface area contributed by atoms with Gasteiger partial charge in [0.05, 0.1) is 0 Å². The second-order valence-corrected chi connectivity index (χ2v) is 7.89. The number of rotatable bonds is 5. The first-order valence-corrected chi connectivity index (χ1v) is 11.0. The summed E-state index contributed by atoms with van der Waals surface area (Å²) in [4.78, 5) is 2.23. The summed E-state index contributed by atoms with van der Waals surface area (Å²) in [6, 6.07) is 35.1. The highest BCUT2D eigenvalue weighted by molar-refractivity contribution is 5.85. The molecule has 0 saturated carbocycles. The molecule has 0 amide bonds.